The topological polar surface area (TPSA) is 80.3 Å². The molecule has 0 saturated heterocycles. The maximum Gasteiger partial charge on any atom is 0.270 e. The van der Waals surface area contributed by atoms with Gasteiger partial charge in [0.25, 0.3) is 11.8 Å². The second-order valence-electron chi connectivity index (χ2n) is 6.23. The van der Waals surface area contributed by atoms with Gasteiger partial charge in [0, 0.05) is 30.4 Å². The Kier molecular flexibility index (Phi) is 6.52. The third-order valence-corrected chi connectivity index (χ3v) is 4.26. The Morgan fingerprint density at radius 3 is 2.41 bits per heavy atom. The summed E-state index contributed by atoms with van der Waals surface area (Å²) in [5.41, 5.74) is 1.67. The van der Waals surface area contributed by atoms with Crippen LogP contribution in [0.2, 0.25) is 0 Å². The number of carbonyl (C=O) groups is 2. The summed E-state index contributed by atoms with van der Waals surface area (Å²) >= 11 is 0. The number of ether oxygens (including phenoxy) is 1. The number of amides is 2. The van der Waals surface area contributed by atoms with Crippen LogP contribution in [0.3, 0.4) is 0 Å². The van der Waals surface area contributed by atoms with Crippen molar-refractivity contribution >= 4 is 11.8 Å². The van der Waals surface area contributed by atoms with Crippen LogP contribution in [0.1, 0.15) is 32.0 Å². The van der Waals surface area contributed by atoms with E-state index in [0.717, 1.165) is 11.3 Å². The summed E-state index contributed by atoms with van der Waals surface area (Å²) in [6, 6.07) is 16.4. The number of aromatic nitrogens is 1. The van der Waals surface area contributed by atoms with Gasteiger partial charge in [0.2, 0.25) is 0 Å². The highest BCUT2D eigenvalue weighted by molar-refractivity contribution is 5.98. The van der Waals surface area contributed by atoms with E-state index in [1.807, 2.05) is 12.1 Å². The third-order valence-electron chi connectivity index (χ3n) is 4.26. The monoisotopic (exact) mass is 393 g/mol. The van der Waals surface area contributed by atoms with Gasteiger partial charge in [-0.15, -0.1) is 0 Å². The largest absolute Gasteiger partial charge is 0.497 e. The zero-order valence-corrected chi connectivity index (χ0v) is 15.8. The molecule has 0 atom stereocenters. The van der Waals surface area contributed by atoms with E-state index in [1.54, 1.807) is 37.4 Å². The molecule has 6 nitrogen and oxygen atoms in total. The molecule has 3 rings (SSSR count). The fraction of sp³-hybridized carbons (Fsp3) is 0.136. The standard InChI is InChI=1S/C22H20FN3O3/c1-29-18-8-6-15(7-9-18)13-25-22(28)20-12-16(10-11-24-20)21(27)26-14-17-4-2-3-5-19(17)23/h2-12H,13-14H2,1H3,(H,25,28)(H,26,27). The maximum absolute atomic E-state index is 13.7. The molecular formula is C22H20FN3O3. The van der Waals surface area contributed by atoms with Crippen LogP contribution in [-0.2, 0) is 13.1 Å². The number of hydrogen-bond acceptors (Lipinski definition) is 4. The predicted molar refractivity (Wildman–Crippen MR) is 106 cm³/mol. The second-order valence-corrected chi connectivity index (χ2v) is 6.23. The lowest BCUT2D eigenvalue weighted by Crippen LogP contribution is -2.26. The molecule has 1 heterocycles. The maximum atomic E-state index is 13.7. The van der Waals surface area contributed by atoms with Gasteiger partial charge in [0.05, 0.1) is 7.11 Å². The minimum atomic E-state index is -0.417. The van der Waals surface area contributed by atoms with Gasteiger partial charge in [-0.05, 0) is 35.9 Å². The number of hydrogen-bond donors (Lipinski definition) is 2. The van der Waals surface area contributed by atoms with E-state index in [9.17, 15) is 14.0 Å². The molecule has 0 radical (unpaired) electrons. The van der Waals surface area contributed by atoms with Gasteiger partial charge in [-0.1, -0.05) is 30.3 Å². The molecule has 0 saturated carbocycles. The Balaban J connectivity index is 1.59. The smallest absolute Gasteiger partial charge is 0.270 e. The van der Waals surface area contributed by atoms with Gasteiger partial charge < -0.3 is 15.4 Å². The fourth-order valence-electron chi connectivity index (χ4n) is 2.63. The summed E-state index contributed by atoms with van der Waals surface area (Å²) in [6.07, 6.45) is 1.39. The Hall–Kier alpha value is -3.74. The third kappa shape index (κ3) is 5.38. The Labute approximate surface area is 167 Å². The minimum absolute atomic E-state index is 0.0484. The van der Waals surface area contributed by atoms with Crippen LogP contribution in [0, 0.1) is 5.82 Å². The first-order valence-electron chi connectivity index (χ1n) is 8.95. The molecule has 29 heavy (non-hydrogen) atoms. The zero-order chi connectivity index (χ0) is 20.6. The SMILES string of the molecule is COc1ccc(CNC(=O)c2cc(C(=O)NCc3ccccc3F)ccn2)cc1. The highest BCUT2D eigenvalue weighted by Crippen LogP contribution is 2.11. The average molecular weight is 393 g/mol. The lowest BCUT2D eigenvalue weighted by Gasteiger charge is -2.08. The van der Waals surface area contributed by atoms with Gasteiger partial charge in [0.15, 0.2) is 0 Å². The molecule has 0 bridgehead atoms. The summed E-state index contributed by atoms with van der Waals surface area (Å²) in [4.78, 5) is 28.7. The van der Waals surface area contributed by atoms with Crippen molar-refractivity contribution in [2.45, 2.75) is 13.1 Å². The van der Waals surface area contributed by atoms with Crippen LogP contribution >= 0.6 is 0 Å². The molecule has 7 heteroatoms. The second kappa shape index (κ2) is 9.45. The van der Waals surface area contributed by atoms with Gasteiger partial charge in [-0.2, -0.15) is 0 Å². The number of halogens is 1. The number of benzene rings is 2. The lowest BCUT2D eigenvalue weighted by atomic mass is 10.1. The summed E-state index contributed by atoms with van der Waals surface area (Å²) in [6.45, 7) is 0.362. The van der Waals surface area contributed by atoms with Crippen molar-refractivity contribution in [2.24, 2.45) is 0 Å². The molecule has 0 aliphatic heterocycles. The first-order valence-corrected chi connectivity index (χ1v) is 8.95. The van der Waals surface area contributed by atoms with Crippen LogP contribution in [-0.4, -0.2) is 23.9 Å². The molecule has 0 fully saturated rings. The molecular weight excluding hydrogens is 373 g/mol. The van der Waals surface area contributed by atoms with Crippen molar-refractivity contribution in [3.8, 4) is 5.75 Å². The molecule has 0 aliphatic rings. The first-order chi connectivity index (χ1) is 14.1. The first kappa shape index (κ1) is 20.0. The molecule has 148 valence electrons. The lowest BCUT2D eigenvalue weighted by molar-refractivity contribution is 0.0946. The highest BCUT2D eigenvalue weighted by atomic mass is 19.1. The van der Waals surface area contributed by atoms with Crippen LogP contribution < -0.4 is 15.4 Å². The van der Waals surface area contributed by atoms with E-state index >= 15 is 0 Å². The van der Waals surface area contributed by atoms with Gasteiger partial charge in [-0.3, -0.25) is 14.6 Å². The van der Waals surface area contributed by atoms with E-state index < -0.39 is 11.8 Å². The van der Waals surface area contributed by atoms with Gasteiger partial charge in [0.1, 0.15) is 17.3 Å². The Bertz CT molecular complexity index is 1010. The van der Waals surface area contributed by atoms with E-state index in [0.29, 0.717) is 12.1 Å². The summed E-state index contributed by atoms with van der Waals surface area (Å²) in [5, 5.41) is 5.40. The predicted octanol–water partition coefficient (Wildman–Crippen LogP) is 3.09. The minimum Gasteiger partial charge on any atom is -0.497 e. The van der Waals surface area contributed by atoms with Crippen molar-refractivity contribution in [1.82, 2.24) is 15.6 Å². The molecule has 3 aromatic rings. The van der Waals surface area contributed by atoms with Gasteiger partial charge >= 0.3 is 0 Å². The fourth-order valence-corrected chi connectivity index (χ4v) is 2.63. The Morgan fingerprint density at radius 1 is 0.966 bits per heavy atom. The zero-order valence-electron chi connectivity index (χ0n) is 15.8. The molecule has 2 amide bonds. The number of pyridine rings is 1. The van der Waals surface area contributed by atoms with Crippen molar-refractivity contribution in [3.05, 3.63) is 95.1 Å². The summed E-state index contributed by atoms with van der Waals surface area (Å²) < 4.78 is 18.8. The molecule has 2 aromatic carbocycles. The van der Waals surface area contributed by atoms with E-state index in [2.05, 4.69) is 15.6 Å². The highest BCUT2D eigenvalue weighted by Gasteiger charge is 2.12. The normalized spacial score (nSPS) is 10.3. The molecule has 2 N–H and O–H groups in total. The van der Waals surface area contributed by atoms with Crippen molar-refractivity contribution in [2.75, 3.05) is 7.11 Å². The van der Waals surface area contributed by atoms with E-state index in [1.165, 1.54) is 24.4 Å². The van der Waals surface area contributed by atoms with Crippen LogP contribution in [0.25, 0.3) is 0 Å². The van der Waals surface area contributed by atoms with E-state index in [4.69, 9.17) is 4.74 Å². The number of nitrogens with one attached hydrogen (secondary N) is 2. The molecule has 0 aliphatic carbocycles. The van der Waals surface area contributed by atoms with Gasteiger partial charge in [-0.25, -0.2) is 4.39 Å². The summed E-state index contributed by atoms with van der Waals surface area (Å²) in [7, 11) is 1.59. The number of methoxy groups -OCH3 is 1. The number of rotatable bonds is 7. The number of carbonyl (C=O) groups excluding carboxylic acids is 2. The molecule has 0 spiro atoms. The Morgan fingerprint density at radius 2 is 1.69 bits per heavy atom. The molecule has 0 unspecified atom stereocenters. The quantitative estimate of drug-likeness (QED) is 0.647. The van der Waals surface area contributed by atoms with Crippen molar-refractivity contribution in [1.29, 1.82) is 0 Å². The van der Waals surface area contributed by atoms with Crippen molar-refractivity contribution < 1.29 is 18.7 Å². The number of nitrogens with zero attached hydrogens (tertiary/aromatic N) is 1. The summed E-state index contributed by atoms with van der Waals surface area (Å²) in [5.74, 6) is -0.471. The average Bonchev–Trinajstić information content (AvgIpc) is 2.77. The van der Waals surface area contributed by atoms with Crippen LogP contribution in [0.5, 0.6) is 5.75 Å². The van der Waals surface area contributed by atoms with Crippen LogP contribution in [0.15, 0.2) is 66.9 Å². The molecule has 1 aromatic heterocycles. The van der Waals surface area contributed by atoms with Crippen LogP contribution in [0.4, 0.5) is 4.39 Å². The van der Waals surface area contributed by atoms with E-state index in [-0.39, 0.29) is 23.6 Å². The van der Waals surface area contributed by atoms with Crippen molar-refractivity contribution in [3.63, 3.8) is 0 Å².